The average Bonchev–Trinajstić information content (AvgIpc) is 2.26. The second-order valence-electron chi connectivity index (χ2n) is 6.04. The molecule has 0 amide bonds. The van der Waals surface area contributed by atoms with Crippen LogP contribution in [0, 0.1) is 5.41 Å². The van der Waals surface area contributed by atoms with Crippen molar-refractivity contribution in [2.75, 3.05) is 12.5 Å². The molecule has 0 aliphatic carbocycles. The zero-order valence-electron chi connectivity index (χ0n) is 11.4. The van der Waals surface area contributed by atoms with E-state index in [9.17, 15) is 0 Å². The lowest BCUT2D eigenvalue weighted by molar-refractivity contribution is 0.0618. The fourth-order valence-corrected chi connectivity index (χ4v) is 2.75. The second kappa shape index (κ2) is 4.52. The monoisotopic (exact) mass is 253 g/mol. The maximum absolute atomic E-state index is 6.09. The predicted molar refractivity (Wildman–Crippen MR) is 75.5 cm³/mol. The van der Waals surface area contributed by atoms with Crippen LogP contribution in [0.1, 0.15) is 32.8 Å². The highest BCUT2D eigenvalue weighted by molar-refractivity contribution is 8.15. The Balaban J connectivity index is 2.27. The van der Waals surface area contributed by atoms with Crippen LogP contribution in [0.3, 0.4) is 0 Å². The Hall–Kier alpha value is -0.700. The van der Waals surface area contributed by atoms with E-state index in [1.807, 2.05) is 0 Å². The third-order valence-electron chi connectivity index (χ3n) is 3.28. The third kappa shape index (κ3) is 2.76. The van der Waals surface area contributed by atoms with Crippen molar-refractivity contribution < 1.29 is 4.74 Å². The summed E-state index contributed by atoms with van der Waals surface area (Å²) in [6.07, 6.45) is 6.94. The van der Waals surface area contributed by atoms with E-state index in [4.69, 9.17) is 4.74 Å². The van der Waals surface area contributed by atoms with Gasteiger partial charge in [0.25, 0.3) is 0 Å². The van der Waals surface area contributed by atoms with Gasteiger partial charge in [0.05, 0.1) is 5.03 Å². The molecule has 0 fully saturated rings. The number of pyridine rings is 1. The number of aryl methyl sites for hydroxylation is 1. The maximum Gasteiger partial charge on any atom is 0.217 e. The second-order valence-corrected chi connectivity index (χ2v) is 8.29. The first-order valence-electron chi connectivity index (χ1n) is 6.22. The summed E-state index contributed by atoms with van der Waals surface area (Å²) in [7, 11) is -0.144. The molecule has 1 aliphatic rings. The summed E-state index contributed by atoms with van der Waals surface area (Å²) in [5, 5.41) is 1.19. The first-order valence-corrected chi connectivity index (χ1v) is 8.45. The van der Waals surface area contributed by atoms with E-state index in [2.05, 4.69) is 50.4 Å². The van der Waals surface area contributed by atoms with E-state index in [-0.39, 0.29) is 22.4 Å². The molecule has 1 aromatic heterocycles. The fourth-order valence-electron chi connectivity index (χ4n) is 2.09. The largest absolute Gasteiger partial charge is 0.474 e. The molecule has 3 heteroatoms. The van der Waals surface area contributed by atoms with Gasteiger partial charge in [-0.15, -0.1) is 0 Å². The maximum atomic E-state index is 6.09. The molecule has 2 rings (SSSR count). The van der Waals surface area contributed by atoms with Crippen molar-refractivity contribution in [3.05, 3.63) is 17.7 Å². The van der Waals surface area contributed by atoms with E-state index < -0.39 is 0 Å². The Morgan fingerprint density at radius 2 is 2.00 bits per heavy atom. The molecule has 96 valence electrons. The van der Waals surface area contributed by atoms with E-state index in [0.29, 0.717) is 0 Å². The molecule has 1 aromatic rings. The zero-order valence-corrected chi connectivity index (χ0v) is 12.3. The van der Waals surface area contributed by atoms with Gasteiger partial charge in [0.1, 0.15) is 6.10 Å². The van der Waals surface area contributed by atoms with Gasteiger partial charge in [0.2, 0.25) is 5.88 Å². The van der Waals surface area contributed by atoms with Gasteiger partial charge in [-0.2, -0.15) is 0 Å². The number of hydrogen-bond donors (Lipinski definition) is 1. The van der Waals surface area contributed by atoms with Gasteiger partial charge in [-0.3, -0.25) is 0 Å². The molecule has 1 aliphatic heterocycles. The average molecular weight is 253 g/mol. The van der Waals surface area contributed by atoms with Gasteiger partial charge in [-0.25, -0.2) is 15.9 Å². The molecule has 0 radical (unpaired) electrons. The van der Waals surface area contributed by atoms with Crippen LogP contribution < -0.4 is 4.74 Å². The standard InChI is InChI=1S/C14H23NOS/c1-14(2,3)11-8-6-10-7-9-12(17(4)5)15-13(10)16-11/h7,9,11,17H,6,8H2,1-5H3. The molecule has 17 heavy (non-hydrogen) atoms. The molecule has 2 heterocycles. The Labute approximate surface area is 107 Å². The molecule has 0 saturated carbocycles. The summed E-state index contributed by atoms with van der Waals surface area (Å²) in [6.45, 7) is 6.71. The zero-order chi connectivity index (χ0) is 12.6. The topological polar surface area (TPSA) is 22.1 Å². The number of nitrogens with zero attached hydrogens (tertiary/aromatic N) is 1. The van der Waals surface area contributed by atoms with Gasteiger partial charge >= 0.3 is 0 Å². The smallest absolute Gasteiger partial charge is 0.217 e. The van der Waals surface area contributed by atoms with E-state index in [1.54, 1.807) is 0 Å². The van der Waals surface area contributed by atoms with Crippen molar-refractivity contribution in [3.8, 4) is 5.88 Å². The van der Waals surface area contributed by atoms with Gasteiger partial charge < -0.3 is 4.74 Å². The van der Waals surface area contributed by atoms with E-state index >= 15 is 0 Å². The lowest BCUT2D eigenvalue weighted by Gasteiger charge is -2.34. The Morgan fingerprint density at radius 1 is 1.29 bits per heavy atom. The van der Waals surface area contributed by atoms with E-state index in [0.717, 1.165) is 18.7 Å². The molecule has 0 saturated heterocycles. The van der Waals surface area contributed by atoms with Crippen LogP contribution in [0.5, 0.6) is 5.88 Å². The summed E-state index contributed by atoms with van der Waals surface area (Å²) < 4.78 is 6.09. The molecule has 0 N–H and O–H groups in total. The Morgan fingerprint density at radius 3 is 2.59 bits per heavy atom. The minimum Gasteiger partial charge on any atom is -0.474 e. The van der Waals surface area contributed by atoms with Crippen LogP contribution in [0.4, 0.5) is 0 Å². The van der Waals surface area contributed by atoms with Gasteiger partial charge in [-0.05, 0) is 36.8 Å². The molecule has 2 nitrogen and oxygen atoms in total. The molecule has 0 bridgehead atoms. The quantitative estimate of drug-likeness (QED) is 0.774. The lowest BCUT2D eigenvalue weighted by atomic mass is 9.84. The summed E-state index contributed by atoms with van der Waals surface area (Å²) >= 11 is 0. The highest BCUT2D eigenvalue weighted by atomic mass is 32.2. The number of hydrogen-bond acceptors (Lipinski definition) is 2. The minimum absolute atomic E-state index is 0.144. The van der Waals surface area contributed by atoms with Crippen molar-refractivity contribution in [3.63, 3.8) is 0 Å². The van der Waals surface area contributed by atoms with Crippen molar-refractivity contribution in [1.82, 2.24) is 4.98 Å². The Bertz CT molecular complexity index is 409. The highest BCUT2D eigenvalue weighted by Gasteiger charge is 2.31. The normalized spacial score (nSPS) is 20.5. The fraction of sp³-hybridized carbons (Fsp3) is 0.643. The van der Waals surface area contributed by atoms with Crippen molar-refractivity contribution in [2.24, 2.45) is 5.41 Å². The van der Waals surface area contributed by atoms with Crippen molar-refractivity contribution in [2.45, 2.75) is 44.7 Å². The molecule has 1 unspecified atom stereocenters. The summed E-state index contributed by atoms with van der Waals surface area (Å²) in [5.74, 6) is 0.880. The van der Waals surface area contributed by atoms with Gasteiger partial charge in [0, 0.05) is 5.56 Å². The molecule has 0 spiro atoms. The molecule has 1 atom stereocenters. The van der Waals surface area contributed by atoms with Crippen LogP contribution in [0.15, 0.2) is 17.2 Å². The summed E-state index contributed by atoms with van der Waals surface area (Å²) in [5.41, 5.74) is 1.46. The third-order valence-corrected chi connectivity index (χ3v) is 4.44. The van der Waals surface area contributed by atoms with Crippen LogP contribution in [0.2, 0.25) is 0 Å². The first kappa shape index (κ1) is 12.7. The number of ether oxygens (including phenoxy) is 1. The number of fused-ring (bicyclic) bond motifs is 1. The van der Waals surface area contributed by atoms with Crippen molar-refractivity contribution >= 4 is 10.9 Å². The molecular formula is C14H23NOS. The lowest BCUT2D eigenvalue weighted by Crippen LogP contribution is -2.35. The number of thiol groups is 1. The number of rotatable bonds is 1. The van der Waals surface area contributed by atoms with Gasteiger partial charge in [0.15, 0.2) is 0 Å². The SMILES string of the molecule is C[SH](C)c1ccc2c(n1)OC(C(C)(C)C)CC2. The highest BCUT2D eigenvalue weighted by Crippen LogP contribution is 2.36. The summed E-state index contributed by atoms with van der Waals surface area (Å²) in [4.78, 5) is 4.68. The van der Waals surface area contributed by atoms with Crippen LogP contribution in [0.25, 0.3) is 0 Å². The Kier molecular flexibility index (Phi) is 3.39. The number of aromatic nitrogens is 1. The summed E-state index contributed by atoms with van der Waals surface area (Å²) in [6, 6.07) is 4.35. The van der Waals surface area contributed by atoms with E-state index in [1.165, 1.54) is 10.6 Å². The first-order chi connectivity index (χ1) is 7.88. The minimum atomic E-state index is -0.144. The van der Waals surface area contributed by atoms with Crippen LogP contribution in [-0.4, -0.2) is 23.6 Å². The van der Waals surface area contributed by atoms with Crippen molar-refractivity contribution in [1.29, 1.82) is 0 Å². The van der Waals surface area contributed by atoms with Crippen LogP contribution >= 0.6 is 10.9 Å². The van der Waals surface area contributed by atoms with Crippen LogP contribution in [-0.2, 0) is 6.42 Å². The predicted octanol–water partition coefficient (Wildman–Crippen LogP) is 3.44. The van der Waals surface area contributed by atoms with Gasteiger partial charge in [-0.1, -0.05) is 26.8 Å². The molecule has 0 aromatic carbocycles. The molecular weight excluding hydrogens is 230 g/mol.